The quantitative estimate of drug-likeness (QED) is 0.817. The van der Waals surface area contributed by atoms with Gasteiger partial charge in [-0.3, -0.25) is 0 Å². The molecule has 1 N–H and O–H groups in total. The van der Waals surface area contributed by atoms with Crippen molar-refractivity contribution in [2.45, 2.75) is 13.3 Å². The summed E-state index contributed by atoms with van der Waals surface area (Å²) in [5.74, 6) is 0.732. The molecule has 0 saturated heterocycles. The molecule has 0 aromatic heterocycles. The van der Waals surface area contributed by atoms with Crippen LogP contribution >= 0.6 is 0 Å². The van der Waals surface area contributed by atoms with Gasteiger partial charge in [-0.05, 0) is 31.2 Å². The zero-order valence-corrected chi connectivity index (χ0v) is 10.4. The maximum atomic E-state index is 8.40. The standard InChI is InChI=1S/C14H18N2O/c1-3-12(11-16-2)10-13-4-6-14(7-5-13)17-9-8-15/h4-7,10,16H,3,9,11H2,1-2H3. The molecule has 0 aliphatic carbocycles. The van der Waals surface area contributed by atoms with E-state index in [1.165, 1.54) is 5.57 Å². The lowest BCUT2D eigenvalue weighted by Gasteiger charge is -2.05. The van der Waals surface area contributed by atoms with Crippen molar-refractivity contribution in [1.29, 1.82) is 5.26 Å². The molecule has 3 nitrogen and oxygen atoms in total. The van der Waals surface area contributed by atoms with Gasteiger partial charge in [0.25, 0.3) is 0 Å². The van der Waals surface area contributed by atoms with E-state index in [1.54, 1.807) is 0 Å². The number of hydrogen-bond acceptors (Lipinski definition) is 3. The highest BCUT2D eigenvalue weighted by atomic mass is 16.5. The lowest BCUT2D eigenvalue weighted by Crippen LogP contribution is -2.09. The molecule has 1 rings (SSSR count). The van der Waals surface area contributed by atoms with Crippen molar-refractivity contribution in [3.05, 3.63) is 35.4 Å². The third-order valence-electron chi connectivity index (χ3n) is 2.41. The lowest BCUT2D eigenvalue weighted by atomic mass is 10.1. The minimum absolute atomic E-state index is 0.0924. The molecule has 0 unspecified atom stereocenters. The highest BCUT2D eigenvalue weighted by Gasteiger charge is 1.96. The van der Waals surface area contributed by atoms with E-state index in [1.807, 2.05) is 37.4 Å². The Kier molecular flexibility index (Phi) is 5.84. The second kappa shape index (κ2) is 7.48. The van der Waals surface area contributed by atoms with Crippen molar-refractivity contribution < 1.29 is 4.74 Å². The average Bonchev–Trinajstić information content (AvgIpc) is 2.37. The molecule has 0 heterocycles. The molecule has 0 aliphatic rings. The predicted molar refractivity (Wildman–Crippen MR) is 69.7 cm³/mol. The molecule has 1 aromatic rings. The molecule has 0 amide bonds. The van der Waals surface area contributed by atoms with Crippen LogP contribution in [0.5, 0.6) is 5.75 Å². The fourth-order valence-corrected chi connectivity index (χ4v) is 1.52. The van der Waals surface area contributed by atoms with E-state index in [4.69, 9.17) is 10.00 Å². The van der Waals surface area contributed by atoms with Gasteiger partial charge in [0.1, 0.15) is 11.8 Å². The van der Waals surface area contributed by atoms with E-state index < -0.39 is 0 Å². The number of likely N-dealkylation sites (N-methyl/N-ethyl adjacent to an activating group) is 1. The van der Waals surface area contributed by atoms with Crippen LogP contribution in [0.4, 0.5) is 0 Å². The summed E-state index contributed by atoms with van der Waals surface area (Å²) in [6.07, 6.45) is 3.21. The van der Waals surface area contributed by atoms with Gasteiger partial charge in [0.05, 0.1) is 0 Å². The van der Waals surface area contributed by atoms with Crippen molar-refractivity contribution >= 4 is 6.08 Å². The van der Waals surface area contributed by atoms with Crippen LogP contribution in [0.2, 0.25) is 0 Å². The number of nitrogens with zero attached hydrogens (tertiary/aromatic N) is 1. The monoisotopic (exact) mass is 230 g/mol. The first kappa shape index (κ1) is 13.3. The van der Waals surface area contributed by atoms with Crippen molar-refractivity contribution in [2.24, 2.45) is 0 Å². The summed E-state index contributed by atoms with van der Waals surface area (Å²) in [7, 11) is 1.95. The molecule has 0 bridgehead atoms. The van der Waals surface area contributed by atoms with E-state index in [0.717, 1.165) is 24.3 Å². The van der Waals surface area contributed by atoms with E-state index >= 15 is 0 Å². The largest absolute Gasteiger partial charge is 0.479 e. The summed E-state index contributed by atoms with van der Waals surface area (Å²) in [5.41, 5.74) is 2.51. The van der Waals surface area contributed by atoms with Crippen molar-refractivity contribution in [3.63, 3.8) is 0 Å². The zero-order valence-electron chi connectivity index (χ0n) is 10.4. The Balaban J connectivity index is 2.70. The van der Waals surface area contributed by atoms with Gasteiger partial charge in [-0.2, -0.15) is 5.26 Å². The smallest absolute Gasteiger partial charge is 0.174 e. The van der Waals surface area contributed by atoms with Gasteiger partial charge in [0.2, 0.25) is 0 Å². The molecule has 0 aliphatic heterocycles. The first-order valence-electron chi connectivity index (χ1n) is 5.74. The van der Waals surface area contributed by atoms with Crippen LogP contribution in [0.3, 0.4) is 0 Å². The average molecular weight is 230 g/mol. The van der Waals surface area contributed by atoms with Gasteiger partial charge in [-0.25, -0.2) is 0 Å². The fourth-order valence-electron chi connectivity index (χ4n) is 1.52. The minimum atomic E-state index is 0.0924. The van der Waals surface area contributed by atoms with Gasteiger partial charge >= 0.3 is 0 Å². The number of nitrogens with one attached hydrogen (secondary N) is 1. The highest BCUT2D eigenvalue weighted by molar-refractivity contribution is 5.54. The number of benzene rings is 1. The first-order chi connectivity index (χ1) is 8.30. The second-order valence-corrected chi connectivity index (χ2v) is 3.70. The number of rotatable bonds is 6. The van der Waals surface area contributed by atoms with Crippen LogP contribution < -0.4 is 10.1 Å². The van der Waals surface area contributed by atoms with Crippen LogP contribution in [-0.2, 0) is 0 Å². The van der Waals surface area contributed by atoms with E-state index in [0.29, 0.717) is 0 Å². The molecule has 0 fully saturated rings. The summed E-state index contributed by atoms with van der Waals surface area (Å²) in [5, 5.41) is 11.5. The van der Waals surface area contributed by atoms with Crippen LogP contribution in [0.25, 0.3) is 6.08 Å². The SMILES string of the molecule is CCC(=Cc1ccc(OCC#N)cc1)CNC. The third-order valence-corrected chi connectivity index (χ3v) is 2.41. The maximum Gasteiger partial charge on any atom is 0.174 e. The Morgan fingerprint density at radius 3 is 2.65 bits per heavy atom. The third kappa shape index (κ3) is 4.71. The van der Waals surface area contributed by atoms with Crippen LogP contribution in [0.1, 0.15) is 18.9 Å². The van der Waals surface area contributed by atoms with Crippen LogP contribution in [0, 0.1) is 11.3 Å². The van der Waals surface area contributed by atoms with Gasteiger partial charge < -0.3 is 10.1 Å². The Bertz CT molecular complexity index is 401. The summed E-state index contributed by atoms with van der Waals surface area (Å²) in [4.78, 5) is 0. The van der Waals surface area contributed by atoms with Gasteiger partial charge in [0, 0.05) is 6.54 Å². The van der Waals surface area contributed by atoms with E-state index in [-0.39, 0.29) is 6.61 Å². The zero-order chi connectivity index (χ0) is 12.5. The van der Waals surface area contributed by atoms with Crippen LogP contribution in [0.15, 0.2) is 29.8 Å². The second-order valence-electron chi connectivity index (χ2n) is 3.70. The normalized spacial score (nSPS) is 11.0. The van der Waals surface area contributed by atoms with Crippen LogP contribution in [-0.4, -0.2) is 20.2 Å². The van der Waals surface area contributed by atoms with Crippen molar-refractivity contribution in [3.8, 4) is 11.8 Å². The highest BCUT2D eigenvalue weighted by Crippen LogP contribution is 2.15. The summed E-state index contributed by atoms with van der Waals surface area (Å²) >= 11 is 0. The minimum Gasteiger partial charge on any atom is -0.479 e. The lowest BCUT2D eigenvalue weighted by molar-refractivity contribution is 0.368. The maximum absolute atomic E-state index is 8.40. The summed E-state index contributed by atoms with van der Waals surface area (Å²) < 4.78 is 5.19. The molecule has 0 saturated carbocycles. The molecule has 3 heteroatoms. The van der Waals surface area contributed by atoms with E-state index in [9.17, 15) is 0 Å². The molecule has 0 atom stereocenters. The summed E-state index contributed by atoms with van der Waals surface area (Å²) in [6, 6.07) is 9.71. The molecule has 0 spiro atoms. The Morgan fingerprint density at radius 2 is 2.12 bits per heavy atom. The number of nitriles is 1. The van der Waals surface area contributed by atoms with Gasteiger partial charge in [-0.1, -0.05) is 30.7 Å². The Labute approximate surface area is 103 Å². The fraction of sp³-hybridized carbons (Fsp3) is 0.357. The Morgan fingerprint density at radius 1 is 1.41 bits per heavy atom. The predicted octanol–water partition coefficient (Wildman–Crippen LogP) is 2.60. The topological polar surface area (TPSA) is 45.0 Å². The molecular weight excluding hydrogens is 212 g/mol. The number of hydrogen-bond donors (Lipinski definition) is 1. The Hall–Kier alpha value is -1.79. The number of ether oxygens (including phenoxy) is 1. The molecule has 0 radical (unpaired) electrons. The van der Waals surface area contributed by atoms with Crippen molar-refractivity contribution in [1.82, 2.24) is 5.32 Å². The molecule has 90 valence electrons. The molecule has 17 heavy (non-hydrogen) atoms. The molecule has 1 aromatic carbocycles. The van der Waals surface area contributed by atoms with Crippen molar-refractivity contribution in [2.75, 3.05) is 20.2 Å². The first-order valence-corrected chi connectivity index (χ1v) is 5.74. The molecular formula is C14H18N2O. The van der Waals surface area contributed by atoms with E-state index in [2.05, 4.69) is 18.3 Å². The summed E-state index contributed by atoms with van der Waals surface area (Å²) in [6.45, 7) is 3.14. The van der Waals surface area contributed by atoms with Gasteiger partial charge in [-0.15, -0.1) is 0 Å². The van der Waals surface area contributed by atoms with Gasteiger partial charge in [0.15, 0.2) is 6.61 Å².